The van der Waals surface area contributed by atoms with E-state index in [4.69, 9.17) is 0 Å². The molecule has 0 aliphatic carbocycles. The largest absolute Gasteiger partial charge is 0.262 e. The van der Waals surface area contributed by atoms with E-state index in [9.17, 15) is 4.39 Å². The minimum absolute atomic E-state index is 0.263. The van der Waals surface area contributed by atoms with Crippen molar-refractivity contribution in [3.8, 4) is 0 Å². The first-order chi connectivity index (χ1) is 8.24. The van der Waals surface area contributed by atoms with Gasteiger partial charge in [-0.3, -0.25) is 5.10 Å². The van der Waals surface area contributed by atoms with Crippen LogP contribution in [0, 0.1) is 5.82 Å². The fourth-order valence-electron chi connectivity index (χ4n) is 1.27. The van der Waals surface area contributed by atoms with Crippen molar-refractivity contribution >= 4 is 11.8 Å². The smallest absolute Gasteiger partial charge is 0.214 e. The minimum atomic E-state index is -0.386. The Balaban J connectivity index is 2.23. The molecule has 0 unspecified atom stereocenters. The molecule has 17 heavy (non-hydrogen) atoms. The van der Waals surface area contributed by atoms with Crippen molar-refractivity contribution in [2.75, 3.05) is 0 Å². The number of rotatable bonds is 4. The molecule has 2 aromatic rings. The summed E-state index contributed by atoms with van der Waals surface area (Å²) in [7, 11) is 0. The van der Waals surface area contributed by atoms with Crippen molar-refractivity contribution in [1.82, 2.24) is 25.1 Å². The molecular weight excluding hydrogens is 241 g/mol. The lowest BCUT2D eigenvalue weighted by molar-refractivity contribution is 0.559. The molecule has 90 valence electrons. The Morgan fingerprint density at radius 3 is 2.76 bits per heavy atom. The summed E-state index contributed by atoms with van der Waals surface area (Å²) in [6, 6.07) is 0. The number of aromatic nitrogens is 5. The second-order valence-corrected chi connectivity index (χ2v) is 4.27. The molecule has 0 radical (unpaired) electrons. The lowest BCUT2D eigenvalue weighted by Crippen LogP contribution is -1.97. The predicted octanol–water partition coefficient (Wildman–Crippen LogP) is 2.01. The Hall–Kier alpha value is -1.50. The van der Waals surface area contributed by atoms with Gasteiger partial charge in [0.05, 0.1) is 5.69 Å². The van der Waals surface area contributed by atoms with Gasteiger partial charge in [0.15, 0.2) is 5.82 Å². The molecule has 5 nitrogen and oxygen atoms in total. The SMILES string of the molecule is CCc1nc(Sc2ncnc(CC)c2F)n[nH]1. The van der Waals surface area contributed by atoms with Crippen LogP contribution in [0.25, 0.3) is 0 Å². The summed E-state index contributed by atoms with van der Waals surface area (Å²) in [5.41, 5.74) is 0.411. The standard InChI is InChI=1S/C10H12FN5S/c1-3-6-8(11)9(13-5-12-6)17-10-14-7(4-2)15-16-10/h5H,3-4H2,1-2H3,(H,14,15,16). The first-order valence-corrected chi connectivity index (χ1v) is 6.14. The van der Waals surface area contributed by atoms with Crippen LogP contribution in [0.15, 0.2) is 16.5 Å². The predicted molar refractivity (Wildman–Crippen MR) is 61.3 cm³/mol. The number of nitrogens with zero attached hydrogens (tertiary/aromatic N) is 4. The average molecular weight is 253 g/mol. The molecule has 0 fully saturated rings. The molecule has 2 rings (SSSR count). The summed E-state index contributed by atoms with van der Waals surface area (Å²) >= 11 is 1.10. The van der Waals surface area contributed by atoms with Gasteiger partial charge in [0, 0.05) is 6.42 Å². The van der Waals surface area contributed by atoms with Crippen LogP contribution in [-0.4, -0.2) is 25.1 Å². The number of hydrogen-bond donors (Lipinski definition) is 1. The minimum Gasteiger partial charge on any atom is -0.262 e. The van der Waals surface area contributed by atoms with Crippen molar-refractivity contribution in [2.24, 2.45) is 0 Å². The molecule has 0 aliphatic rings. The van der Waals surface area contributed by atoms with Crippen LogP contribution in [0.5, 0.6) is 0 Å². The van der Waals surface area contributed by atoms with Crippen molar-refractivity contribution in [3.63, 3.8) is 0 Å². The van der Waals surface area contributed by atoms with Crippen LogP contribution in [0.2, 0.25) is 0 Å². The molecule has 0 aliphatic heterocycles. The van der Waals surface area contributed by atoms with Gasteiger partial charge in [-0.1, -0.05) is 13.8 Å². The summed E-state index contributed by atoms with van der Waals surface area (Å²) in [5.74, 6) is 0.389. The Labute approximate surface area is 102 Å². The number of H-pyrrole nitrogens is 1. The lowest BCUT2D eigenvalue weighted by Gasteiger charge is -2.01. The monoisotopic (exact) mass is 253 g/mol. The zero-order chi connectivity index (χ0) is 12.3. The molecule has 2 aromatic heterocycles. The van der Waals surface area contributed by atoms with Gasteiger partial charge >= 0.3 is 0 Å². The highest BCUT2D eigenvalue weighted by atomic mass is 32.2. The highest BCUT2D eigenvalue weighted by molar-refractivity contribution is 7.99. The van der Waals surface area contributed by atoms with Crippen LogP contribution in [0.1, 0.15) is 25.4 Å². The molecule has 0 aromatic carbocycles. The van der Waals surface area contributed by atoms with Gasteiger partial charge in [-0.15, -0.1) is 5.10 Å². The quantitative estimate of drug-likeness (QED) is 0.844. The molecule has 0 spiro atoms. The van der Waals surface area contributed by atoms with E-state index in [1.165, 1.54) is 6.33 Å². The van der Waals surface area contributed by atoms with Crippen LogP contribution in [0.3, 0.4) is 0 Å². The third kappa shape index (κ3) is 2.60. The number of nitrogens with one attached hydrogen (secondary N) is 1. The number of aromatic amines is 1. The van der Waals surface area contributed by atoms with Gasteiger partial charge in [-0.2, -0.15) is 0 Å². The van der Waals surface area contributed by atoms with Gasteiger partial charge in [0.1, 0.15) is 17.2 Å². The summed E-state index contributed by atoms with van der Waals surface area (Å²) in [6.45, 7) is 3.82. The Morgan fingerprint density at radius 1 is 1.29 bits per heavy atom. The van der Waals surface area contributed by atoms with Crippen molar-refractivity contribution < 1.29 is 4.39 Å². The van der Waals surface area contributed by atoms with E-state index >= 15 is 0 Å². The third-order valence-corrected chi connectivity index (χ3v) is 3.04. The molecular formula is C10H12FN5S. The van der Waals surface area contributed by atoms with E-state index in [1.807, 2.05) is 13.8 Å². The molecule has 0 amide bonds. The molecule has 0 saturated heterocycles. The van der Waals surface area contributed by atoms with E-state index < -0.39 is 0 Å². The molecule has 0 saturated carbocycles. The lowest BCUT2D eigenvalue weighted by atomic mass is 10.3. The second-order valence-electron chi connectivity index (χ2n) is 3.31. The van der Waals surface area contributed by atoms with Gasteiger partial charge in [-0.05, 0) is 18.2 Å². The zero-order valence-electron chi connectivity index (χ0n) is 9.57. The summed E-state index contributed by atoms with van der Waals surface area (Å²) in [4.78, 5) is 12.0. The molecule has 1 N–H and O–H groups in total. The summed E-state index contributed by atoms with van der Waals surface area (Å²) < 4.78 is 13.8. The first kappa shape index (κ1) is 12.0. The third-order valence-electron chi connectivity index (χ3n) is 2.20. The normalized spacial score (nSPS) is 10.8. The number of aryl methyl sites for hydroxylation is 2. The highest BCUT2D eigenvalue weighted by Crippen LogP contribution is 2.25. The van der Waals surface area contributed by atoms with Crippen molar-refractivity contribution in [2.45, 2.75) is 36.9 Å². The van der Waals surface area contributed by atoms with E-state index in [2.05, 4.69) is 25.1 Å². The fourth-order valence-corrected chi connectivity index (χ4v) is 2.00. The van der Waals surface area contributed by atoms with E-state index in [0.29, 0.717) is 17.3 Å². The maximum Gasteiger partial charge on any atom is 0.214 e. The van der Waals surface area contributed by atoms with Gasteiger partial charge in [-0.25, -0.2) is 19.3 Å². The maximum absolute atomic E-state index is 13.8. The Morgan fingerprint density at radius 2 is 2.12 bits per heavy atom. The summed E-state index contributed by atoms with van der Waals surface area (Å²) in [6.07, 6.45) is 2.66. The van der Waals surface area contributed by atoms with Crippen LogP contribution >= 0.6 is 11.8 Å². The van der Waals surface area contributed by atoms with Crippen molar-refractivity contribution in [3.05, 3.63) is 23.7 Å². The second kappa shape index (κ2) is 5.22. The van der Waals surface area contributed by atoms with E-state index in [0.717, 1.165) is 24.0 Å². The summed E-state index contributed by atoms with van der Waals surface area (Å²) in [5, 5.41) is 7.49. The Bertz CT molecular complexity index is 513. The topological polar surface area (TPSA) is 67.3 Å². The van der Waals surface area contributed by atoms with Crippen LogP contribution in [0.4, 0.5) is 4.39 Å². The Kier molecular flexibility index (Phi) is 3.68. The van der Waals surface area contributed by atoms with E-state index in [1.54, 1.807) is 0 Å². The highest BCUT2D eigenvalue weighted by Gasteiger charge is 2.13. The molecule has 2 heterocycles. The van der Waals surface area contributed by atoms with Crippen molar-refractivity contribution in [1.29, 1.82) is 0 Å². The molecule has 0 atom stereocenters. The van der Waals surface area contributed by atoms with E-state index in [-0.39, 0.29) is 10.8 Å². The molecule has 7 heteroatoms. The first-order valence-electron chi connectivity index (χ1n) is 5.33. The van der Waals surface area contributed by atoms with Crippen LogP contribution in [-0.2, 0) is 12.8 Å². The van der Waals surface area contributed by atoms with Gasteiger partial charge < -0.3 is 0 Å². The number of halogens is 1. The van der Waals surface area contributed by atoms with Gasteiger partial charge in [0.25, 0.3) is 0 Å². The number of hydrogen-bond acceptors (Lipinski definition) is 5. The maximum atomic E-state index is 13.8. The fraction of sp³-hybridized carbons (Fsp3) is 0.400. The zero-order valence-corrected chi connectivity index (χ0v) is 10.4. The average Bonchev–Trinajstić information content (AvgIpc) is 2.79. The molecule has 0 bridgehead atoms. The van der Waals surface area contributed by atoms with Crippen LogP contribution < -0.4 is 0 Å². The van der Waals surface area contributed by atoms with Gasteiger partial charge in [0.2, 0.25) is 5.16 Å².